The first kappa shape index (κ1) is 16.2. The third-order valence-electron chi connectivity index (χ3n) is 3.82. The summed E-state index contributed by atoms with van der Waals surface area (Å²) in [5.41, 5.74) is -0.270. The zero-order valence-electron chi connectivity index (χ0n) is 12.6. The van der Waals surface area contributed by atoms with E-state index >= 15 is 0 Å². The molecular weight excluding hydrogens is 292 g/mol. The first-order valence-corrected chi connectivity index (χ1v) is 6.67. The quantitative estimate of drug-likeness (QED) is 0.501. The van der Waals surface area contributed by atoms with Gasteiger partial charge in [0.2, 0.25) is 0 Å². The van der Waals surface area contributed by atoms with Crippen LogP contribution < -0.4 is 5.32 Å². The Kier molecular flexibility index (Phi) is 4.62. The minimum Gasteiger partial charge on any atom is -0.465 e. The minimum absolute atomic E-state index is 0.127. The fourth-order valence-electron chi connectivity index (χ4n) is 2.30. The number of nitro benzene ring substituents is 1. The molecular formula is C14H18N2O6. The first-order valence-electron chi connectivity index (χ1n) is 6.67. The molecule has 2 rings (SSSR count). The van der Waals surface area contributed by atoms with Gasteiger partial charge in [-0.3, -0.25) is 10.1 Å². The Labute approximate surface area is 127 Å². The Morgan fingerprint density at radius 3 is 2.82 bits per heavy atom. The van der Waals surface area contributed by atoms with Crippen molar-refractivity contribution in [1.82, 2.24) is 0 Å². The number of anilines is 1. The van der Waals surface area contributed by atoms with Gasteiger partial charge < -0.3 is 19.5 Å². The van der Waals surface area contributed by atoms with Gasteiger partial charge in [0.15, 0.2) is 0 Å². The highest BCUT2D eigenvalue weighted by Gasteiger charge is 2.41. The number of ether oxygens (including phenoxy) is 3. The normalized spacial score (nSPS) is 24.0. The second kappa shape index (κ2) is 6.29. The Morgan fingerprint density at radius 1 is 1.50 bits per heavy atom. The standard InChI is InChI=1S/C14H18N2O6/c1-14(21-3)8-22-7-12(14)15-10-6-9(13(17)20-2)4-5-11(10)16(18)19/h4-6,12,15H,7-8H2,1-3H3/t12-,14+/m1/s1. The maximum absolute atomic E-state index is 11.6. The molecule has 1 saturated heterocycles. The van der Waals surface area contributed by atoms with Crippen molar-refractivity contribution in [2.24, 2.45) is 0 Å². The molecule has 8 nitrogen and oxygen atoms in total. The van der Waals surface area contributed by atoms with E-state index in [1.165, 1.54) is 25.3 Å². The molecule has 1 fully saturated rings. The minimum atomic E-state index is -0.602. The van der Waals surface area contributed by atoms with Gasteiger partial charge in [0.1, 0.15) is 11.3 Å². The first-order chi connectivity index (χ1) is 10.4. The lowest BCUT2D eigenvalue weighted by molar-refractivity contribution is -0.384. The molecule has 0 radical (unpaired) electrons. The van der Waals surface area contributed by atoms with Gasteiger partial charge in [-0.15, -0.1) is 0 Å². The van der Waals surface area contributed by atoms with Gasteiger partial charge >= 0.3 is 5.97 Å². The van der Waals surface area contributed by atoms with Crippen LogP contribution >= 0.6 is 0 Å². The van der Waals surface area contributed by atoms with Crippen molar-refractivity contribution in [2.45, 2.75) is 18.6 Å². The lowest BCUT2D eigenvalue weighted by Crippen LogP contribution is -2.45. The summed E-state index contributed by atoms with van der Waals surface area (Å²) in [6, 6.07) is 3.76. The maximum atomic E-state index is 11.6. The molecule has 2 atom stereocenters. The number of methoxy groups -OCH3 is 2. The Morgan fingerprint density at radius 2 is 2.23 bits per heavy atom. The van der Waals surface area contributed by atoms with Crippen LogP contribution in [-0.4, -0.2) is 50.0 Å². The number of carbonyl (C=O) groups excluding carboxylic acids is 1. The summed E-state index contributed by atoms with van der Waals surface area (Å²) in [6.07, 6.45) is 0. The Balaban J connectivity index is 2.35. The highest BCUT2D eigenvalue weighted by molar-refractivity contribution is 5.91. The maximum Gasteiger partial charge on any atom is 0.337 e. The number of carbonyl (C=O) groups is 1. The summed E-state index contributed by atoms with van der Waals surface area (Å²) < 4.78 is 15.5. The highest BCUT2D eigenvalue weighted by Crippen LogP contribution is 2.31. The van der Waals surface area contributed by atoms with Gasteiger partial charge in [-0.2, -0.15) is 0 Å². The number of benzene rings is 1. The van der Waals surface area contributed by atoms with E-state index in [0.29, 0.717) is 13.2 Å². The van der Waals surface area contributed by atoms with E-state index in [4.69, 9.17) is 9.47 Å². The van der Waals surface area contributed by atoms with E-state index in [-0.39, 0.29) is 23.0 Å². The van der Waals surface area contributed by atoms with E-state index in [1.807, 2.05) is 6.92 Å². The van der Waals surface area contributed by atoms with Crippen molar-refractivity contribution in [1.29, 1.82) is 0 Å². The second-order valence-corrected chi connectivity index (χ2v) is 5.21. The van der Waals surface area contributed by atoms with E-state index in [1.54, 1.807) is 7.11 Å². The zero-order valence-corrected chi connectivity index (χ0v) is 12.6. The lowest BCUT2D eigenvalue weighted by atomic mass is 9.99. The molecule has 0 aromatic heterocycles. The van der Waals surface area contributed by atoms with Crippen LogP contribution in [0.1, 0.15) is 17.3 Å². The van der Waals surface area contributed by atoms with Crippen molar-refractivity contribution in [3.8, 4) is 0 Å². The molecule has 1 aromatic carbocycles. The number of nitrogens with zero attached hydrogens (tertiary/aromatic N) is 1. The van der Waals surface area contributed by atoms with Gasteiger partial charge in [-0.25, -0.2) is 4.79 Å². The van der Waals surface area contributed by atoms with E-state index < -0.39 is 16.5 Å². The van der Waals surface area contributed by atoms with Crippen LogP contribution in [0.25, 0.3) is 0 Å². The number of hydrogen-bond donors (Lipinski definition) is 1. The molecule has 0 saturated carbocycles. The van der Waals surface area contributed by atoms with Crippen molar-refractivity contribution in [3.63, 3.8) is 0 Å². The van der Waals surface area contributed by atoms with Gasteiger partial charge in [0, 0.05) is 13.2 Å². The third-order valence-corrected chi connectivity index (χ3v) is 3.82. The van der Waals surface area contributed by atoms with Crippen molar-refractivity contribution >= 4 is 17.3 Å². The molecule has 120 valence electrons. The SMILES string of the molecule is COC(=O)c1ccc([N+](=O)[O-])c(N[C@@H]2COC[C@]2(C)OC)c1. The van der Waals surface area contributed by atoms with Crippen LogP contribution in [0, 0.1) is 10.1 Å². The van der Waals surface area contributed by atoms with Crippen molar-refractivity contribution in [2.75, 3.05) is 32.8 Å². The fourth-order valence-corrected chi connectivity index (χ4v) is 2.30. The summed E-state index contributed by atoms with van der Waals surface area (Å²) in [4.78, 5) is 22.3. The van der Waals surface area contributed by atoms with Gasteiger partial charge in [-0.1, -0.05) is 0 Å². The third kappa shape index (κ3) is 3.02. The van der Waals surface area contributed by atoms with Crippen molar-refractivity contribution in [3.05, 3.63) is 33.9 Å². The topological polar surface area (TPSA) is 99.9 Å². The molecule has 0 amide bonds. The lowest BCUT2D eigenvalue weighted by Gasteiger charge is -2.29. The smallest absolute Gasteiger partial charge is 0.337 e. The Bertz CT molecular complexity index is 591. The number of esters is 1. The molecule has 0 aliphatic carbocycles. The number of rotatable bonds is 5. The fraction of sp³-hybridized carbons (Fsp3) is 0.500. The monoisotopic (exact) mass is 310 g/mol. The van der Waals surface area contributed by atoms with Gasteiger partial charge in [0.05, 0.1) is 36.9 Å². The molecule has 1 N–H and O–H groups in total. The predicted octanol–water partition coefficient (Wildman–Crippen LogP) is 1.60. The van der Waals surface area contributed by atoms with Crippen LogP contribution in [0.5, 0.6) is 0 Å². The molecule has 1 heterocycles. The molecule has 8 heteroatoms. The summed E-state index contributed by atoms with van der Waals surface area (Å²) in [6.45, 7) is 2.59. The molecule has 0 bridgehead atoms. The van der Waals surface area contributed by atoms with Crippen LogP contribution in [0.2, 0.25) is 0 Å². The number of nitrogens with one attached hydrogen (secondary N) is 1. The molecule has 0 spiro atoms. The highest BCUT2D eigenvalue weighted by atomic mass is 16.6. The molecule has 1 aromatic rings. The average molecular weight is 310 g/mol. The molecule has 0 unspecified atom stereocenters. The number of hydrogen-bond acceptors (Lipinski definition) is 7. The number of nitro groups is 1. The second-order valence-electron chi connectivity index (χ2n) is 5.21. The van der Waals surface area contributed by atoms with Crippen LogP contribution in [0.4, 0.5) is 11.4 Å². The summed E-state index contributed by atoms with van der Waals surface area (Å²) in [5, 5.41) is 14.2. The van der Waals surface area contributed by atoms with Crippen molar-refractivity contribution < 1.29 is 23.9 Å². The van der Waals surface area contributed by atoms with E-state index in [9.17, 15) is 14.9 Å². The largest absolute Gasteiger partial charge is 0.465 e. The summed E-state index contributed by atoms with van der Waals surface area (Å²) >= 11 is 0. The molecule has 1 aliphatic heterocycles. The average Bonchev–Trinajstić information content (AvgIpc) is 2.87. The summed E-state index contributed by atoms with van der Waals surface area (Å²) in [7, 11) is 2.81. The van der Waals surface area contributed by atoms with Gasteiger partial charge in [0.25, 0.3) is 5.69 Å². The molecule has 1 aliphatic rings. The van der Waals surface area contributed by atoms with Gasteiger partial charge in [-0.05, 0) is 19.1 Å². The van der Waals surface area contributed by atoms with Crippen LogP contribution in [0.15, 0.2) is 18.2 Å². The zero-order chi connectivity index (χ0) is 16.3. The predicted molar refractivity (Wildman–Crippen MR) is 78.1 cm³/mol. The van der Waals surface area contributed by atoms with Crippen LogP contribution in [-0.2, 0) is 14.2 Å². The van der Waals surface area contributed by atoms with E-state index in [2.05, 4.69) is 10.1 Å². The Hall–Kier alpha value is -2.19. The summed E-state index contributed by atoms with van der Waals surface area (Å²) in [5.74, 6) is -0.560. The van der Waals surface area contributed by atoms with Crippen LogP contribution in [0.3, 0.4) is 0 Å². The molecule has 22 heavy (non-hydrogen) atoms. The van der Waals surface area contributed by atoms with E-state index in [0.717, 1.165) is 0 Å².